The third-order valence-electron chi connectivity index (χ3n) is 1.74. The Hall–Kier alpha value is -0.740. The molecule has 0 amide bonds. The summed E-state index contributed by atoms with van der Waals surface area (Å²) in [4.78, 5) is 15.5. The van der Waals surface area contributed by atoms with Crippen molar-refractivity contribution in [1.29, 1.82) is 0 Å². The van der Waals surface area contributed by atoms with Crippen molar-refractivity contribution < 1.29 is 9.53 Å². The van der Waals surface area contributed by atoms with Crippen LogP contribution in [0.1, 0.15) is 19.5 Å². The van der Waals surface area contributed by atoms with E-state index in [2.05, 4.69) is 20.9 Å². The maximum Gasteiger partial charge on any atom is 0.164 e. The Morgan fingerprint density at radius 3 is 2.80 bits per heavy atom. The molecule has 0 atom stereocenters. The average Bonchev–Trinajstić information content (AvgIpc) is 2.19. The highest BCUT2D eigenvalue weighted by molar-refractivity contribution is 9.10. The van der Waals surface area contributed by atoms with E-state index in [4.69, 9.17) is 4.74 Å². The van der Waals surface area contributed by atoms with Crippen LogP contribution in [0.4, 0.5) is 0 Å². The van der Waals surface area contributed by atoms with E-state index in [0.717, 1.165) is 10.2 Å². The molecule has 15 heavy (non-hydrogen) atoms. The zero-order valence-electron chi connectivity index (χ0n) is 8.87. The van der Waals surface area contributed by atoms with Crippen LogP contribution in [0, 0.1) is 0 Å². The number of carbonyl (C=O) groups excluding carboxylic acids is 1. The zero-order chi connectivity index (χ0) is 11.3. The number of carbonyl (C=O) groups is 1. The Bertz CT molecular complexity index is 322. The molecule has 0 bridgehead atoms. The summed E-state index contributed by atoms with van der Waals surface area (Å²) < 4.78 is 6.13. The predicted molar refractivity (Wildman–Crippen MR) is 61.7 cm³/mol. The molecule has 0 radical (unpaired) electrons. The summed E-state index contributed by atoms with van der Waals surface area (Å²) in [6.45, 7) is 3.98. The Morgan fingerprint density at radius 2 is 2.27 bits per heavy atom. The number of ether oxygens (including phenoxy) is 1. The lowest BCUT2D eigenvalue weighted by atomic mass is 10.2. The van der Waals surface area contributed by atoms with E-state index in [0.29, 0.717) is 6.42 Å². The number of aromatic nitrogens is 1. The highest BCUT2D eigenvalue weighted by Crippen LogP contribution is 2.08. The number of Topliss-reactive ketones (excluding diaryl/α,β-unsaturated/α-hetero) is 1. The number of nitrogens with zero attached hydrogens (tertiary/aromatic N) is 1. The van der Waals surface area contributed by atoms with Gasteiger partial charge in [0.05, 0.1) is 12.5 Å². The number of ketones is 1. The fourth-order valence-electron chi connectivity index (χ4n) is 1.02. The Morgan fingerprint density at radius 1 is 1.53 bits per heavy atom. The molecule has 1 aromatic rings. The average molecular weight is 272 g/mol. The second-order valence-corrected chi connectivity index (χ2v) is 4.46. The normalized spacial score (nSPS) is 10.7. The zero-order valence-corrected chi connectivity index (χ0v) is 10.5. The molecule has 0 spiro atoms. The van der Waals surface area contributed by atoms with E-state index in [1.807, 2.05) is 26.0 Å². The summed E-state index contributed by atoms with van der Waals surface area (Å²) in [6.07, 6.45) is 2.11. The van der Waals surface area contributed by atoms with E-state index in [1.165, 1.54) is 0 Å². The molecule has 3 nitrogen and oxygen atoms in total. The van der Waals surface area contributed by atoms with Crippen LogP contribution in [-0.4, -0.2) is 23.5 Å². The van der Waals surface area contributed by atoms with E-state index in [1.54, 1.807) is 6.20 Å². The van der Waals surface area contributed by atoms with Crippen LogP contribution in [-0.2, 0) is 16.0 Å². The maximum absolute atomic E-state index is 11.4. The molecule has 82 valence electrons. The third-order valence-corrected chi connectivity index (χ3v) is 2.21. The standard InChI is InChI=1S/C11H14BrNO2/c1-8(2)15-7-11(14)5-10-4-3-9(12)6-13-10/h3-4,6,8H,5,7H2,1-2H3. The lowest BCUT2D eigenvalue weighted by Crippen LogP contribution is -2.15. The first kappa shape index (κ1) is 12.3. The van der Waals surface area contributed by atoms with Gasteiger partial charge in [0, 0.05) is 16.4 Å². The molecule has 0 N–H and O–H groups in total. The quantitative estimate of drug-likeness (QED) is 0.826. The molecule has 0 fully saturated rings. The molecule has 0 saturated heterocycles. The van der Waals surface area contributed by atoms with Gasteiger partial charge in [0.15, 0.2) is 5.78 Å². The molecule has 0 aliphatic heterocycles. The van der Waals surface area contributed by atoms with Gasteiger partial charge in [0.25, 0.3) is 0 Å². The van der Waals surface area contributed by atoms with Gasteiger partial charge in [-0.1, -0.05) is 0 Å². The van der Waals surface area contributed by atoms with Gasteiger partial charge in [-0.25, -0.2) is 0 Å². The van der Waals surface area contributed by atoms with Crippen LogP contribution in [0.25, 0.3) is 0 Å². The van der Waals surface area contributed by atoms with E-state index >= 15 is 0 Å². The van der Waals surface area contributed by atoms with Crippen molar-refractivity contribution in [3.8, 4) is 0 Å². The number of halogens is 1. The second-order valence-electron chi connectivity index (χ2n) is 3.54. The first-order valence-corrected chi connectivity index (χ1v) is 5.61. The summed E-state index contributed by atoms with van der Waals surface area (Å²) in [5.74, 6) is 0.0542. The first-order valence-electron chi connectivity index (χ1n) is 4.81. The van der Waals surface area contributed by atoms with Crippen molar-refractivity contribution in [3.63, 3.8) is 0 Å². The molecule has 1 heterocycles. The molecule has 0 unspecified atom stereocenters. The van der Waals surface area contributed by atoms with E-state index in [9.17, 15) is 4.79 Å². The van der Waals surface area contributed by atoms with Crippen LogP contribution in [0.15, 0.2) is 22.8 Å². The first-order chi connectivity index (χ1) is 7.08. The minimum Gasteiger partial charge on any atom is -0.371 e. The monoisotopic (exact) mass is 271 g/mol. The fourth-order valence-corrected chi connectivity index (χ4v) is 1.26. The molecule has 4 heteroatoms. The predicted octanol–water partition coefficient (Wildman–Crippen LogP) is 2.38. The summed E-state index contributed by atoms with van der Waals surface area (Å²) >= 11 is 3.29. The van der Waals surface area contributed by atoms with Crippen molar-refractivity contribution in [1.82, 2.24) is 4.98 Å². The van der Waals surface area contributed by atoms with Gasteiger partial charge in [-0.3, -0.25) is 9.78 Å². The Labute approximate surface area is 98.0 Å². The van der Waals surface area contributed by atoms with Crippen LogP contribution < -0.4 is 0 Å². The van der Waals surface area contributed by atoms with Gasteiger partial charge in [-0.2, -0.15) is 0 Å². The van der Waals surface area contributed by atoms with Crippen molar-refractivity contribution in [2.75, 3.05) is 6.61 Å². The Balaban J connectivity index is 2.41. The second kappa shape index (κ2) is 5.98. The highest BCUT2D eigenvalue weighted by Gasteiger charge is 2.06. The number of hydrogen-bond acceptors (Lipinski definition) is 3. The highest BCUT2D eigenvalue weighted by atomic mass is 79.9. The summed E-state index contributed by atoms with van der Waals surface area (Å²) in [5, 5.41) is 0. The molecule has 0 aliphatic carbocycles. The number of rotatable bonds is 5. The van der Waals surface area contributed by atoms with Crippen LogP contribution >= 0.6 is 15.9 Å². The maximum atomic E-state index is 11.4. The molecular weight excluding hydrogens is 258 g/mol. The van der Waals surface area contributed by atoms with Crippen LogP contribution in [0.2, 0.25) is 0 Å². The van der Waals surface area contributed by atoms with Crippen LogP contribution in [0.5, 0.6) is 0 Å². The largest absolute Gasteiger partial charge is 0.371 e. The smallest absolute Gasteiger partial charge is 0.164 e. The summed E-state index contributed by atoms with van der Waals surface area (Å²) in [7, 11) is 0. The molecule has 0 aliphatic rings. The number of pyridine rings is 1. The summed E-state index contributed by atoms with van der Waals surface area (Å²) in [5.41, 5.74) is 0.774. The van der Waals surface area contributed by atoms with Gasteiger partial charge in [0.2, 0.25) is 0 Å². The molecule has 1 aromatic heterocycles. The van der Waals surface area contributed by atoms with Crippen molar-refractivity contribution >= 4 is 21.7 Å². The minimum absolute atomic E-state index is 0.0542. The lowest BCUT2D eigenvalue weighted by molar-refractivity contribution is -0.124. The molecule has 0 saturated carbocycles. The van der Waals surface area contributed by atoms with Crippen LogP contribution in [0.3, 0.4) is 0 Å². The third kappa shape index (κ3) is 5.04. The topological polar surface area (TPSA) is 39.2 Å². The fraction of sp³-hybridized carbons (Fsp3) is 0.455. The van der Waals surface area contributed by atoms with Crippen molar-refractivity contribution in [2.45, 2.75) is 26.4 Å². The lowest BCUT2D eigenvalue weighted by Gasteiger charge is -2.06. The van der Waals surface area contributed by atoms with Gasteiger partial charge in [-0.05, 0) is 41.9 Å². The van der Waals surface area contributed by atoms with Gasteiger partial charge < -0.3 is 4.74 Å². The SMILES string of the molecule is CC(C)OCC(=O)Cc1ccc(Br)cn1. The van der Waals surface area contributed by atoms with Gasteiger partial charge in [-0.15, -0.1) is 0 Å². The van der Waals surface area contributed by atoms with Gasteiger partial charge >= 0.3 is 0 Å². The summed E-state index contributed by atoms with van der Waals surface area (Å²) in [6, 6.07) is 3.70. The van der Waals surface area contributed by atoms with E-state index in [-0.39, 0.29) is 18.5 Å². The molecular formula is C11H14BrNO2. The molecule has 1 rings (SSSR count). The van der Waals surface area contributed by atoms with Crippen molar-refractivity contribution in [2.24, 2.45) is 0 Å². The van der Waals surface area contributed by atoms with Gasteiger partial charge in [0.1, 0.15) is 6.61 Å². The molecule has 0 aromatic carbocycles. The van der Waals surface area contributed by atoms with E-state index < -0.39 is 0 Å². The Kier molecular flexibility index (Phi) is 4.91. The van der Waals surface area contributed by atoms with Crippen molar-refractivity contribution in [3.05, 3.63) is 28.5 Å². The number of hydrogen-bond donors (Lipinski definition) is 0. The minimum atomic E-state index is 0.0542.